The fourth-order valence-corrected chi connectivity index (χ4v) is 2.74. The quantitative estimate of drug-likeness (QED) is 0.824. The van der Waals surface area contributed by atoms with Gasteiger partial charge in [0, 0.05) is 10.4 Å². The predicted octanol–water partition coefficient (Wildman–Crippen LogP) is 3.83. The van der Waals surface area contributed by atoms with E-state index in [0.29, 0.717) is 0 Å². The van der Waals surface area contributed by atoms with Crippen LogP contribution in [0, 0.1) is 0 Å². The molecule has 1 rings (SSSR count). The summed E-state index contributed by atoms with van der Waals surface area (Å²) < 4.78 is 1.23. The highest BCUT2D eigenvalue weighted by Crippen LogP contribution is 2.22. The molecule has 0 aliphatic heterocycles. The van der Waals surface area contributed by atoms with Crippen LogP contribution in [0.3, 0.4) is 0 Å². The summed E-state index contributed by atoms with van der Waals surface area (Å²) in [6, 6.07) is 4.32. The lowest BCUT2D eigenvalue weighted by Gasteiger charge is -2.20. The maximum absolute atomic E-state index is 3.49. The third kappa shape index (κ3) is 5.13. The summed E-state index contributed by atoms with van der Waals surface area (Å²) in [5, 5.41) is 3.49. The SMILES string of the molecule is CC(C)(C)NCCCc1ccc(Br)s1. The fraction of sp³-hybridized carbons (Fsp3) is 0.636. The molecule has 1 aromatic heterocycles. The van der Waals surface area contributed by atoms with Gasteiger partial charge in [-0.25, -0.2) is 0 Å². The Morgan fingerprint density at radius 1 is 1.36 bits per heavy atom. The molecule has 0 unspecified atom stereocenters. The first-order chi connectivity index (χ1) is 6.47. The number of halogens is 1. The summed E-state index contributed by atoms with van der Waals surface area (Å²) in [6.07, 6.45) is 2.39. The Morgan fingerprint density at radius 3 is 2.57 bits per heavy atom. The van der Waals surface area contributed by atoms with Crippen molar-refractivity contribution in [3.63, 3.8) is 0 Å². The van der Waals surface area contributed by atoms with Gasteiger partial charge in [0.15, 0.2) is 0 Å². The van der Waals surface area contributed by atoms with Gasteiger partial charge in [0.2, 0.25) is 0 Å². The molecule has 1 aromatic rings. The zero-order valence-electron chi connectivity index (χ0n) is 9.06. The maximum atomic E-state index is 3.49. The lowest BCUT2D eigenvalue weighted by atomic mass is 10.1. The molecule has 0 saturated carbocycles. The zero-order chi connectivity index (χ0) is 10.6. The summed E-state index contributed by atoms with van der Waals surface area (Å²) in [4.78, 5) is 1.47. The van der Waals surface area contributed by atoms with Crippen LogP contribution in [0.2, 0.25) is 0 Å². The molecule has 14 heavy (non-hydrogen) atoms. The molecule has 0 aromatic carbocycles. The van der Waals surface area contributed by atoms with E-state index in [4.69, 9.17) is 0 Å². The van der Waals surface area contributed by atoms with Gasteiger partial charge in [-0.15, -0.1) is 11.3 Å². The Bertz CT molecular complexity index is 275. The average Bonchev–Trinajstić information content (AvgIpc) is 2.44. The van der Waals surface area contributed by atoms with E-state index in [1.54, 1.807) is 0 Å². The molecular formula is C11H18BrNS. The summed E-state index contributed by atoms with van der Waals surface area (Å²) in [5.74, 6) is 0. The van der Waals surface area contributed by atoms with E-state index >= 15 is 0 Å². The first-order valence-electron chi connectivity index (χ1n) is 4.97. The highest BCUT2D eigenvalue weighted by Gasteiger charge is 2.07. The topological polar surface area (TPSA) is 12.0 Å². The summed E-state index contributed by atoms with van der Waals surface area (Å²) in [5.41, 5.74) is 0.246. The number of aryl methyl sites for hydroxylation is 1. The third-order valence-electron chi connectivity index (χ3n) is 1.88. The highest BCUT2D eigenvalue weighted by molar-refractivity contribution is 9.11. The van der Waals surface area contributed by atoms with Crippen LogP contribution in [-0.4, -0.2) is 12.1 Å². The van der Waals surface area contributed by atoms with Gasteiger partial charge in [0.1, 0.15) is 0 Å². The Balaban J connectivity index is 2.16. The first-order valence-corrected chi connectivity index (χ1v) is 6.57. The Hall–Kier alpha value is 0.140. The second kappa shape index (κ2) is 5.29. The molecule has 0 aliphatic carbocycles. The van der Waals surface area contributed by atoms with E-state index in [9.17, 15) is 0 Å². The molecular weight excluding hydrogens is 258 g/mol. The van der Waals surface area contributed by atoms with Crippen LogP contribution >= 0.6 is 27.3 Å². The normalized spacial score (nSPS) is 12.0. The molecule has 3 heteroatoms. The van der Waals surface area contributed by atoms with Crippen LogP contribution in [0.1, 0.15) is 32.1 Å². The van der Waals surface area contributed by atoms with E-state index < -0.39 is 0 Å². The number of thiophene rings is 1. The van der Waals surface area contributed by atoms with Crippen molar-refractivity contribution in [3.8, 4) is 0 Å². The van der Waals surface area contributed by atoms with Crippen molar-refractivity contribution in [1.29, 1.82) is 0 Å². The fourth-order valence-electron chi connectivity index (χ4n) is 1.21. The van der Waals surface area contributed by atoms with Crippen LogP contribution in [0.25, 0.3) is 0 Å². The number of rotatable bonds is 4. The molecule has 1 N–H and O–H groups in total. The van der Waals surface area contributed by atoms with E-state index in [-0.39, 0.29) is 5.54 Å². The van der Waals surface area contributed by atoms with Crippen LogP contribution in [0.5, 0.6) is 0 Å². The minimum absolute atomic E-state index is 0.246. The van der Waals surface area contributed by atoms with Crippen molar-refractivity contribution in [2.24, 2.45) is 0 Å². The first kappa shape index (κ1) is 12.2. The second-order valence-corrected chi connectivity index (χ2v) is 7.03. The molecule has 0 saturated heterocycles. The lowest BCUT2D eigenvalue weighted by Crippen LogP contribution is -2.36. The Kier molecular flexibility index (Phi) is 4.61. The molecule has 1 heterocycles. The summed E-state index contributed by atoms with van der Waals surface area (Å²) in [7, 11) is 0. The minimum Gasteiger partial charge on any atom is -0.312 e. The average molecular weight is 276 g/mol. The van der Waals surface area contributed by atoms with E-state index in [0.717, 1.165) is 6.54 Å². The molecule has 0 atom stereocenters. The maximum Gasteiger partial charge on any atom is 0.0701 e. The summed E-state index contributed by atoms with van der Waals surface area (Å²) >= 11 is 5.31. The molecule has 0 aliphatic rings. The lowest BCUT2D eigenvalue weighted by molar-refractivity contribution is 0.422. The number of hydrogen-bond donors (Lipinski definition) is 1. The molecule has 1 nitrogen and oxygen atoms in total. The number of nitrogens with one attached hydrogen (secondary N) is 1. The van der Waals surface area contributed by atoms with Gasteiger partial charge < -0.3 is 5.32 Å². The molecule has 0 bridgehead atoms. The molecule has 0 spiro atoms. The van der Waals surface area contributed by atoms with Gasteiger partial charge in [-0.2, -0.15) is 0 Å². The third-order valence-corrected chi connectivity index (χ3v) is 3.57. The van der Waals surface area contributed by atoms with Crippen LogP contribution in [-0.2, 0) is 6.42 Å². The molecule has 0 fully saturated rings. The zero-order valence-corrected chi connectivity index (χ0v) is 11.5. The van der Waals surface area contributed by atoms with Gasteiger partial charge >= 0.3 is 0 Å². The minimum atomic E-state index is 0.246. The van der Waals surface area contributed by atoms with Crippen LogP contribution in [0.15, 0.2) is 15.9 Å². The van der Waals surface area contributed by atoms with Gasteiger partial charge in [0.25, 0.3) is 0 Å². The van der Waals surface area contributed by atoms with Crippen molar-refractivity contribution in [3.05, 3.63) is 20.8 Å². The van der Waals surface area contributed by atoms with Crippen molar-refractivity contribution < 1.29 is 0 Å². The number of hydrogen-bond acceptors (Lipinski definition) is 2. The van der Waals surface area contributed by atoms with Crippen molar-refractivity contribution >= 4 is 27.3 Å². The molecule has 80 valence electrons. The van der Waals surface area contributed by atoms with Gasteiger partial charge in [-0.05, 0) is 68.2 Å². The molecule has 0 amide bonds. The Morgan fingerprint density at radius 2 is 2.07 bits per heavy atom. The standard InChI is InChI=1S/C11H18BrNS/c1-11(2,3)13-8-4-5-9-6-7-10(12)14-9/h6-7,13H,4-5,8H2,1-3H3. The van der Waals surface area contributed by atoms with E-state index in [2.05, 4.69) is 54.2 Å². The molecule has 0 radical (unpaired) electrons. The van der Waals surface area contributed by atoms with Gasteiger partial charge in [-0.3, -0.25) is 0 Å². The summed E-state index contributed by atoms with van der Waals surface area (Å²) in [6.45, 7) is 7.71. The monoisotopic (exact) mass is 275 g/mol. The van der Waals surface area contributed by atoms with Crippen molar-refractivity contribution in [2.45, 2.75) is 39.2 Å². The van der Waals surface area contributed by atoms with Crippen molar-refractivity contribution in [1.82, 2.24) is 5.32 Å². The highest BCUT2D eigenvalue weighted by atomic mass is 79.9. The van der Waals surface area contributed by atoms with Crippen LogP contribution < -0.4 is 5.32 Å². The van der Waals surface area contributed by atoms with Crippen LogP contribution in [0.4, 0.5) is 0 Å². The second-order valence-electron chi connectivity index (χ2n) is 4.49. The van der Waals surface area contributed by atoms with E-state index in [1.807, 2.05) is 11.3 Å². The predicted molar refractivity (Wildman–Crippen MR) is 68.1 cm³/mol. The van der Waals surface area contributed by atoms with Gasteiger partial charge in [-0.1, -0.05) is 0 Å². The van der Waals surface area contributed by atoms with E-state index in [1.165, 1.54) is 21.5 Å². The smallest absolute Gasteiger partial charge is 0.0701 e. The Labute approximate surface area is 99.0 Å². The van der Waals surface area contributed by atoms with Crippen molar-refractivity contribution in [2.75, 3.05) is 6.54 Å². The largest absolute Gasteiger partial charge is 0.312 e. The van der Waals surface area contributed by atoms with Gasteiger partial charge in [0.05, 0.1) is 3.79 Å².